The molecule has 23 heavy (non-hydrogen) atoms. The van der Waals surface area contributed by atoms with Gasteiger partial charge in [-0.3, -0.25) is 14.7 Å². The first-order valence-corrected chi connectivity index (χ1v) is 8.52. The molecule has 2 fully saturated rings. The second kappa shape index (κ2) is 5.89. The van der Waals surface area contributed by atoms with Gasteiger partial charge in [0.1, 0.15) is 5.69 Å². The van der Waals surface area contributed by atoms with Gasteiger partial charge in [-0.1, -0.05) is 18.6 Å². The van der Waals surface area contributed by atoms with E-state index in [1.165, 1.54) is 50.4 Å². The molecule has 5 heteroatoms. The number of hydrogen-bond acceptors (Lipinski definition) is 4. The summed E-state index contributed by atoms with van der Waals surface area (Å²) in [5, 5.41) is 0. The van der Waals surface area contributed by atoms with Crippen LogP contribution in [0.3, 0.4) is 0 Å². The Morgan fingerprint density at radius 1 is 1.26 bits per heavy atom. The number of nitrogens with two attached hydrogens (primary N) is 1. The molecule has 1 aromatic heterocycles. The van der Waals surface area contributed by atoms with Gasteiger partial charge in [-0.25, -0.2) is 4.98 Å². The number of carbonyl (C=O) groups is 1. The lowest BCUT2D eigenvalue weighted by Gasteiger charge is -2.38. The quantitative estimate of drug-likeness (QED) is 0.940. The molecule has 2 N–H and O–H groups in total. The largest absolute Gasteiger partial charge is 0.364 e. The summed E-state index contributed by atoms with van der Waals surface area (Å²) in [6.45, 7) is 1.23. The molecule has 2 aliphatic rings. The Morgan fingerprint density at radius 2 is 2.13 bits per heavy atom. The average molecular weight is 310 g/mol. The number of primary amides is 1. The lowest BCUT2D eigenvalue weighted by atomic mass is 9.90. The smallest absolute Gasteiger partial charge is 0.268 e. The molecule has 1 aliphatic carbocycles. The standard InChI is InChI=1S/C18H22N4O/c19-18(23)16-11-20-17-12(4-1-8-15(17)21-16)10-14-7-3-9-22(14)13-5-2-6-13/h1,4,8,11,13-14H,2-3,5-7,9-10H2,(H2,19,23). The number of benzene rings is 1. The minimum absolute atomic E-state index is 0.228. The molecule has 1 atom stereocenters. The maximum absolute atomic E-state index is 11.3. The zero-order valence-electron chi connectivity index (χ0n) is 13.2. The van der Waals surface area contributed by atoms with Gasteiger partial charge < -0.3 is 5.73 Å². The van der Waals surface area contributed by atoms with E-state index in [4.69, 9.17) is 5.73 Å². The molecular weight excluding hydrogens is 288 g/mol. The summed E-state index contributed by atoms with van der Waals surface area (Å²) in [5.74, 6) is -0.531. The van der Waals surface area contributed by atoms with Crippen molar-refractivity contribution in [1.29, 1.82) is 0 Å². The highest BCUT2D eigenvalue weighted by atomic mass is 16.1. The number of rotatable bonds is 4. The molecule has 1 aromatic carbocycles. The number of hydrogen-bond donors (Lipinski definition) is 1. The predicted octanol–water partition coefficient (Wildman–Crippen LogP) is 2.29. The molecule has 1 unspecified atom stereocenters. The van der Waals surface area contributed by atoms with E-state index >= 15 is 0 Å². The molecule has 1 saturated heterocycles. The van der Waals surface area contributed by atoms with E-state index in [2.05, 4.69) is 20.9 Å². The molecule has 4 rings (SSSR count). The maximum atomic E-state index is 11.3. The van der Waals surface area contributed by atoms with Gasteiger partial charge in [0.2, 0.25) is 0 Å². The summed E-state index contributed by atoms with van der Waals surface area (Å²) >= 11 is 0. The topological polar surface area (TPSA) is 72.1 Å². The van der Waals surface area contributed by atoms with Gasteiger partial charge in [0, 0.05) is 12.1 Å². The molecule has 120 valence electrons. The third-order valence-electron chi connectivity index (χ3n) is 5.33. The van der Waals surface area contributed by atoms with Crippen molar-refractivity contribution in [1.82, 2.24) is 14.9 Å². The highest BCUT2D eigenvalue weighted by Gasteiger charge is 2.33. The van der Waals surface area contributed by atoms with E-state index in [-0.39, 0.29) is 5.69 Å². The molecule has 1 saturated carbocycles. The zero-order valence-corrected chi connectivity index (χ0v) is 13.2. The Kier molecular flexibility index (Phi) is 3.73. The van der Waals surface area contributed by atoms with Gasteiger partial charge in [0.15, 0.2) is 0 Å². The van der Waals surface area contributed by atoms with Gasteiger partial charge in [-0.15, -0.1) is 0 Å². The third kappa shape index (κ3) is 2.70. The fourth-order valence-corrected chi connectivity index (χ4v) is 3.91. The van der Waals surface area contributed by atoms with Gasteiger partial charge in [-0.05, 0) is 50.3 Å². The summed E-state index contributed by atoms with van der Waals surface area (Å²) in [4.78, 5) is 22.8. The van der Waals surface area contributed by atoms with E-state index in [0.717, 1.165) is 23.5 Å². The van der Waals surface area contributed by atoms with E-state index in [9.17, 15) is 4.79 Å². The number of carbonyl (C=O) groups excluding carboxylic acids is 1. The normalized spacial score (nSPS) is 22.3. The molecule has 0 radical (unpaired) electrons. The van der Waals surface area contributed by atoms with Crippen LogP contribution in [0.2, 0.25) is 0 Å². The van der Waals surface area contributed by atoms with E-state index in [1.54, 1.807) is 0 Å². The lowest BCUT2D eigenvalue weighted by Crippen LogP contribution is -2.43. The van der Waals surface area contributed by atoms with Crippen LogP contribution < -0.4 is 5.73 Å². The van der Waals surface area contributed by atoms with Crippen LogP contribution in [0.1, 0.15) is 48.2 Å². The van der Waals surface area contributed by atoms with Crippen molar-refractivity contribution in [2.45, 2.75) is 50.6 Å². The zero-order chi connectivity index (χ0) is 15.8. The first kappa shape index (κ1) is 14.6. The summed E-state index contributed by atoms with van der Waals surface area (Å²) in [6.07, 6.45) is 9.15. The monoisotopic (exact) mass is 310 g/mol. The van der Waals surface area contributed by atoms with Crippen molar-refractivity contribution in [2.24, 2.45) is 5.73 Å². The van der Waals surface area contributed by atoms with Crippen molar-refractivity contribution >= 4 is 16.9 Å². The number of amides is 1. The third-order valence-corrected chi connectivity index (χ3v) is 5.33. The van der Waals surface area contributed by atoms with Gasteiger partial charge in [0.25, 0.3) is 5.91 Å². The fraction of sp³-hybridized carbons (Fsp3) is 0.500. The number of para-hydroxylation sites is 1. The lowest BCUT2D eigenvalue weighted by molar-refractivity contribution is 0.0995. The first-order chi connectivity index (χ1) is 11.2. The Hall–Kier alpha value is -2.01. The minimum atomic E-state index is -0.531. The van der Waals surface area contributed by atoms with Gasteiger partial charge in [-0.2, -0.15) is 0 Å². The van der Waals surface area contributed by atoms with Crippen molar-refractivity contribution in [3.8, 4) is 0 Å². The summed E-state index contributed by atoms with van der Waals surface area (Å²) < 4.78 is 0. The molecular formula is C18H22N4O. The number of aromatic nitrogens is 2. The molecule has 0 spiro atoms. The van der Waals surface area contributed by atoms with E-state index < -0.39 is 5.91 Å². The van der Waals surface area contributed by atoms with Crippen molar-refractivity contribution in [3.63, 3.8) is 0 Å². The Labute approximate surface area is 135 Å². The van der Waals surface area contributed by atoms with Crippen LogP contribution in [0.4, 0.5) is 0 Å². The Bertz CT molecular complexity index is 741. The van der Waals surface area contributed by atoms with Gasteiger partial charge >= 0.3 is 0 Å². The van der Waals surface area contributed by atoms with Crippen LogP contribution in [0, 0.1) is 0 Å². The molecule has 2 heterocycles. The summed E-state index contributed by atoms with van der Waals surface area (Å²) in [7, 11) is 0. The number of nitrogens with zero attached hydrogens (tertiary/aromatic N) is 3. The fourth-order valence-electron chi connectivity index (χ4n) is 3.91. The highest BCUT2D eigenvalue weighted by molar-refractivity contribution is 5.92. The van der Waals surface area contributed by atoms with Crippen LogP contribution in [0.15, 0.2) is 24.4 Å². The first-order valence-electron chi connectivity index (χ1n) is 8.52. The van der Waals surface area contributed by atoms with Crippen molar-refractivity contribution in [3.05, 3.63) is 35.7 Å². The second-order valence-corrected chi connectivity index (χ2v) is 6.73. The summed E-state index contributed by atoms with van der Waals surface area (Å²) in [6, 6.07) is 7.45. The van der Waals surface area contributed by atoms with E-state index in [1.807, 2.05) is 12.1 Å². The number of fused-ring (bicyclic) bond motifs is 1. The van der Waals surface area contributed by atoms with Crippen molar-refractivity contribution < 1.29 is 4.79 Å². The number of likely N-dealkylation sites (tertiary alicyclic amines) is 1. The maximum Gasteiger partial charge on any atom is 0.268 e. The summed E-state index contributed by atoms with van der Waals surface area (Å²) in [5.41, 5.74) is 8.41. The van der Waals surface area contributed by atoms with Crippen LogP contribution in [-0.4, -0.2) is 39.4 Å². The Balaban J connectivity index is 1.62. The molecule has 0 bridgehead atoms. The molecule has 2 aromatic rings. The van der Waals surface area contributed by atoms with E-state index in [0.29, 0.717) is 6.04 Å². The van der Waals surface area contributed by atoms with Crippen LogP contribution in [0.5, 0.6) is 0 Å². The minimum Gasteiger partial charge on any atom is -0.364 e. The Morgan fingerprint density at radius 3 is 2.87 bits per heavy atom. The van der Waals surface area contributed by atoms with Crippen molar-refractivity contribution in [2.75, 3.05) is 6.54 Å². The molecule has 1 aliphatic heterocycles. The average Bonchev–Trinajstić information content (AvgIpc) is 2.93. The predicted molar refractivity (Wildman–Crippen MR) is 89.1 cm³/mol. The highest BCUT2D eigenvalue weighted by Crippen LogP contribution is 2.33. The van der Waals surface area contributed by atoms with Crippen LogP contribution in [-0.2, 0) is 6.42 Å². The second-order valence-electron chi connectivity index (χ2n) is 6.73. The SMILES string of the molecule is NC(=O)c1cnc2c(CC3CCCN3C3CCC3)cccc2n1. The van der Waals surface area contributed by atoms with Crippen LogP contribution in [0.25, 0.3) is 11.0 Å². The molecule has 5 nitrogen and oxygen atoms in total. The van der Waals surface area contributed by atoms with Crippen LogP contribution >= 0.6 is 0 Å². The van der Waals surface area contributed by atoms with Gasteiger partial charge in [0.05, 0.1) is 17.2 Å². The molecule has 1 amide bonds.